The van der Waals surface area contributed by atoms with Crippen LogP contribution in [0.2, 0.25) is 0 Å². The van der Waals surface area contributed by atoms with E-state index in [1.54, 1.807) is 19.2 Å². The molecule has 2 heterocycles. The number of nitro benzene ring substituents is 1. The maximum atomic E-state index is 13.1. The van der Waals surface area contributed by atoms with Gasteiger partial charge in [-0.1, -0.05) is 28.1 Å². The summed E-state index contributed by atoms with van der Waals surface area (Å²) in [5.74, 6) is -0.116. The third-order valence-electron chi connectivity index (χ3n) is 5.15. The van der Waals surface area contributed by atoms with Crippen molar-refractivity contribution in [2.24, 2.45) is 0 Å². The lowest BCUT2D eigenvalue weighted by Crippen LogP contribution is -2.31. The van der Waals surface area contributed by atoms with Gasteiger partial charge in [0.25, 0.3) is 11.6 Å². The Morgan fingerprint density at radius 1 is 1.20 bits per heavy atom. The number of amides is 1. The zero-order valence-corrected chi connectivity index (χ0v) is 17.8. The number of ether oxygens (including phenoxy) is 1. The molecule has 8 nitrogen and oxygen atoms in total. The van der Waals surface area contributed by atoms with Gasteiger partial charge in [0, 0.05) is 48.0 Å². The van der Waals surface area contributed by atoms with Crippen molar-refractivity contribution in [2.75, 3.05) is 20.3 Å². The first kappa shape index (κ1) is 20.2. The topological polar surface area (TPSA) is 101 Å². The van der Waals surface area contributed by atoms with Gasteiger partial charge in [-0.2, -0.15) is 5.10 Å². The minimum atomic E-state index is -0.440. The number of nitro groups is 1. The van der Waals surface area contributed by atoms with Gasteiger partial charge in [0.15, 0.2) is 0 Å². The first-order chi connectivity index (χ1) is 14.5. The number of fused-ring (bicyclic) bond motifs is 1. The zero-order chi connectivity index (χ0) is 21.3. The molecule has 4 rings (SSSR count). The van der Waals surface area contributed by atoms with E-state index in [0.29, 0.717) is 36.5 Å². The Morgan fingerprint density at radius 2 is 1.90 bits per heavy atom. The van der Waals surface area contributed by atoms with Crippen molar-refractivity contribution in [3.8, 4) is 11.3 Å². The van der Waals surface area contributed by atoms with Gasteiger partial charge in [-0.15, -0.1) is 0 Å². The van der Waals surface area contributed by atoms with Crippen LogP contribution in [0.1, 0.15) is 34.1 Å². The molecule has 9 heteroatoms. The second kappa shape index (κ2) is 8.37. The Balaban J connectivity index is 1.79. The van der Waals surface area contributed by atoms with Gasteiger partial charge < -0.3 is 9.64 Å². The molecule has 0 bridgehead atoms. The van der Waals surface area contributed by atoms with Crippen LogP contribution in [0.3, 0.4) is 0 Å². The third kappa shape index (κ3) is 3.61. The van der Waals surface area contributed by atoms with Crippen molar-refractivity contribution in [2.45, 2.75) is 12.5 Å². The van der Waals surface area contributed by atoms with E-state index in [1.807, 2.05) is 29.2 Å². The Morgan fingerprint density at radius 3 is 2.53 bits per heavy atom. The van der Waals surface area contributed by atoms with Crippen LogP contribution in [0.5, 0.6) is 0 Å². The molecule has 0 saturated heterocycles. The quantitative estimate of drug-likeness (QED) is 0.314. The fourth-order valence-electron chi connectivity index (χ4n) is 3.76. The Bertz CT molecular complexity index is 1080. The first-order valence-corrected chi connectivity index (χ1v) is 10.2. The summed E-state index contributed by atoms with van der Waals surface area (Å²) in [6.07, 6.45) is 0.708. The molecule has 30 heavy (non-hydrogen) atoms. The van der Waals surface area contributed by atoms with Crippen LogP contribution in [0.25, 0.3) is 11.3 Å². The van der Waals surface area contributed by atoms with Crippen LogP contribution >= 0.6 is 15.9 Å². The largest absolute Gasteiger partial charge is 0.385 e. The number of non-ortho nitro benzene ring substituents is 1. The third-order valence-corrected chi connectivity index (χ3v) is 5.68. The minimum absolute atomic E-state index is 0.00709. The van der Waals surface area contributed by atoms with Gasteiger partial charge in [0.2, 0.25) is 0 Å². The number of halogens is 1. The summed E-state index contributed by atoms with van der Waals surface area (Å²) in [7, 11) is 1.64. The Hall–Kier alpha value is -3.04. The van der Waals surface area contributed by atoms with Crippen molar-refractivity contribution >= 4 is 27.5 Å². The SMILES string of the molecule is COCCCN1C(=O)c2[nH]nc(-c3ccc([N+](=O)[O-])cc3)c2C1c1ccc(Br)cc1. The van der Waals surface area contributed by atoms with Crippen LogP contribution in [0.4, 0.5) is 5.69 Å². The molecule has 1 aromatic heterocycles. The van der Waals surface area contributed by atoms with Gasteiger partial charge in [0.1, 0.15) is 5.69 Å². The summed E-state index contributed by atoms with van der Waals surface area (Å²) in [4.78, 5) is 25.5. The Kier molecular flexibility index (Phi) is 5.65. The molecule has 1 unspecified atom stereocenters. The van der Waals surface area contributed by atoms with E-state index in [-0.39, 0.29) is 17.6 Å². The normalized spacial score (nSPS) is 15.5. The fourth-order valence-corrected chi connectivity index (χ4v) is 4.02. The maximum absolute atomic E-state index is 13.1. The molecule has 3 aromatic rings. The minimum Gasteiger partial charge on any atom is -0.385 e. The number of rotatable bonds is 7. The number of aromatic nitrogens is 2. The lowest BCUT2D eigenvalue weighted by atomic mass is 9.96. The van der Waals surface area contributed by atoms with Gasteiger partial charge in [-0.05, 0) is 36.2 Å². The number of nitrogens with one attached hydrogen (secondary N) is 1. The molecule has 1 aliphatic rings. The van der Waals surface area contributed by atoms with E-state index in [2.05, 4.69) is 26.1 Å². The lowest BCUT2D eigenvalue weighted by molar-refractivity contribution is -0.384. The van der Waals surface area contributed by atoms with E-state index in [9.17, 15) is 14.9 Å². The highest BCUT2D eigenvalue weighted by molar-refractivity contribution is 9.10. The van der Waals surface area contributed by atoms with Crippen molar-refractivity contribution in [1.29, 1.82) is 0 Å². The molecule has 2 aromatic carbocycles. The summed E-state index contributed by atoms with van der Waals surface area (Å²) in [6, 6.07) is 13.7. The number of hydrogen-bond acceptors (Lipinski definition) is 5. The van der Waals surface area contributed by atoms with E-state index in [4.69, 9.17) is 4.74 Å². The molecule has 0 spiro atoms. The number of nitrogens with zero attached hydrogens (tertiary/aromatic N) is 3. The number of carbonyl (C=O) groups is 1. The van der Waals surface area contributed by atoms with Crippen LogP contribution in [-0.2, 0) is 4.74 Å². The van der Waals surface area contributed by atoms with E-state index >= 15 is 0 Å². The molecule has 0 saturated carbocycles. The summed E-state index contributed by atoms with van der Waals surface area (Å²) in [5.41, 5.74) is 3.55. The monoisotopic (exact) mass is 470 g/mol. The van der Waals surface area contributed by atoms with Crippen molar-refractivity contribution in [3.63, 3.8) is 0 Å². The van der Waals surface area contributed by atoms with Gasteiger partial charge in [0.05, 0.1) is 16.7 Å². The van der Waals surface area contributed by atoms with Gasteiger partial charge in [-0.25, -0.2) is 0 Å². The van der Waals surface area contributed by atoms with Crippen LogP contribution in [-0.4, -0.2) is 46.2 Å². The number of aromatic amines is 1. The highest BCUT2D eigenvalue weighted by Gasteiger charge is 2.41. The summed E-state index contributed by atoms with van der Waals surface area (Å²) < 4.78 is 6.10. The van der Waals surface area contributed by atoms with E-state index in [0.717, 1.165) is 15.6 Å². The predicted molar refractivity (Wildman–Crippen MR) is 114 cm³/mol. The highest BCUT2D eigenvalue weighted by Crippen LogP contribution is 2.43. The van der Waals surface area contributed by atoms with Crippen LogP contribution in [0.15, 0.2) is 53.0 Å². The van der Waals surface area contributed by atoms with Crippen LogP contribution in [0, 0.1) is 10.1 Å². The zero-order valence-electron chi connectivity index (χ0n) is 16.2. The molecule has 0 aliphatic carbocycles. The number of hydrogen-bond donors (Lipinski definition) is 1. The van der Waals surface area contributed by atoms with Crippen molar-refractivity contribution in [3.05, 3.63) is 79.9 Å². The summed E-state index contributed by atoms with van der Waals surface area (Å²) >= 11 is 3.46. The molecule has 1 aliphatic heterocycles. The lowest BCUT2D eigenvalue weighted by Gasteiger charge is -2.26. The van der Waals surface area contributed by atoms with Gasteiger partial charge >= 0.3 is 0 Å². The van der Waals surface area contributed by atoms with Gasteiger partial charge in [-0.3, -0.25) is 20.0 Å². The van der Waals surface area contributed by atoms with E-state index in [1.165, 1.54) is 12.1 Å². The maximum Gasteiger partial charge on any atom is 0.273 e. The highest BCUT2D eigenvalue weighted by atomic mass is 79.9. The number of methoxy groups -OCH3 is 1. The van der Waals surface area contributed by atoms with E-state index < -0.39 is 4.92 Å². The summed E-state index contributed by atoms with van der Waals surface area (Å²) in [5, 5.41) is 18.2. The molecular weight excluding hydrogens is 452 g/mol. The Labute approximate surface area is 181 Å². The smallest absolute Gasteiger partial charge is 0.273 e. The second-order valence-corrected chi connectivity index (χ2v) is 7.88. The molecule has 1 amide bonds. The van der Waals surface area contributed by atoms with Crippen LogP contribution < -0.4 is 0 Å². The number of carbonyl (C=O) groups excluding carboxylic acids is 1. The predicted octanol–water partition coefficient (Wildman–Crippen LogP) is 4.33. The molecule has 1 N–H and O–H groups in total. The van der Waals surface area contributed by atoms with Crippen molar-refractivity contribution in [1.82, 2.24) is 15.1 Å². The molecule has 154 valence electrons. The summed E-state index contributed by atoms with van der Waals surface area (Å²) in [6.45, 7) is 1.09. The number of H-pyrrole nitrogens is 1. The fraction of sp³-hybridized carbons (Fsp3) is 0.238. The molecule has 1 atom stereocenters. The number of benzene rings is 2. The van der Waals surface area contributed by atoms with Crippen molar-refractivity contribution < 1.29 is 14.5 Å². The molecule has 0 fully saturated rings. The first-order valence-electron chi connectivity index (χ1n) is 9.39. The average molecular weight is 471 g/mol. The second-order valence-electron chi connectivity index (χ2n) is 6.96. The average Bonchev–Trinajstić information content (AvgIpc) is 3.29. The standard InChI is InChI=1S/C21H19BrN4O4/c1-30-12-2-11-25-20(14-3-7-15(22)8-4-14)17-18(23-24-19(17)21(25)27)13-5-9-16(10-6-13)26(28)29/h3-10,20H,2,11-12H2,1H3,(H,23,24). The molecular formula is C21H19BrN4O4. The molecule has 0 radical (unpaired) electrons.